The van der Waals surface area contributed by atoms with Crippen LogP contribution in [0.4, 0.5) is 0 Å². The number of rotatable bonds is 3. The number of aryl methyl sites for hydroxylation is 1. The summed E-state index contributed by atoms with van der Waals surface area (Å²) in [5, 5.41) is 3.37. The van der Waals surface area contributed by atoms with Crippen molar-refractivity contribution in [2.75, 3.05) is 13.1 Å². The lowest BCUT2D eigenvalue weighted by molar-refractivity contribution is -0.00799. The molecule has 2 rings (SSSR count). The molecule has 0 amide bonds. The van der Waals surface area contributed by atoms with Crippen molar-refractivity contribution in [1.29, 1.82) is 0 Å². The standard InChI is InChI=1S/C13H20N2O/c1-10-6-7-14-8-13(10)16-9-12-5-3-4-11(2)15-12/h3-5,10,13-14H,6-9H2,1-2H3. The summed E-state index contributed by atoms with van der Waals surface area (Å²) >= 11 is 0. The van der Waals surface area contributed by atoms with E-state index in [2.05, 4.69) is 17.2 Å². The van der Waals surface area contributed by atoms with Crippen LogP contribution in [0.5, 0.6) is 0 Å². The third kappa shape index (κ3) is 3.03. The molecule has 3 nitrogen and oxygen atoms in total. The summed E-state index contributed by atoms with van der Waals surface area (Å²) in [5.74, 6) is 0.644. The number of piperidine rings is 1. The maximum Gasteiger partial charge on any atom is 0.0892 e. The molecule has 1 aromatic heterocycles. The molecule has 0 bridgehead atoms. The lowest BCUT2D eigenvalue weighted by Gasteiger charge is -2.29. The van der Waals surface area contributed by atoms with Gasteiger partial charge < -0.3 is 10.1 Å². The highest BCUT2D eigenvalue weighted by atomic mass is 16.5. The fourth-order valence-corrected chi connectivity index (χ4v) is 2.06. The summed E-state index contributed by atoms with van der Waals surface area (Å²) in [6, 6.07) is 6.06. The van der Waals surface area contributed by atoms with Gasteiger partial charge in [0, 0.05) is 12.2 Å². The van der Waals surface area contributed by atoms with Crippen LogP contribution in [0, 0.1) is 12.8 Å². The average molecular weight is 220 g/mol. The molecule has 0 aliphatic carbocycles. The average Bonchev–Trinajstić information content (AvgIpc) is 2.28. The minimum Gasteiger partial charge on any atom is -0.370 e. The fourth-order valence-electron chi connectivity index (χ4n) is 2.06. The fraction of sp³-hybridized carbons (Fsp3) is 0.615. The van der Waals surface area contributed by atoms with Gasteiger partial charge >= 0.3 is 0 Å². The van der Waals surface area contributed by atoms with Crippen molar-refractivity contribution < 1.29 is 4.74 Å². The third-order valence-corrected chi connectivity index (χ3v) is 3.15. The van der Waals surface area contributed by atoms with E-state index in [1.807, 2.05) is 25.1 Å². The van der Waals surface area contributed by atoms with Crippen molar-refractivity contribution in [3.63, 3.8) is 0 Å². The summed E-state index contributed by atoms with van der Waals surface area (Å²) in [6.07, 6.45) is 1.53. The third-order valence-electron chi connectivity index (χ3n) is 3.15. The molecule has 1 aliphatic rings. The second-order valence-corrected chi connectivity index (χ2v) is 4.59. The predicted octanol–water partition coefficient (Wildman–Crippen LogP) is 1.90. The molecule has 1 saturated heterocycles. The molecule has 3 heteroatoms. The van der Waals surface area contributed by atoms with Crippen LogP contribution in [0.2, 0.25) is 0 Å². The molecule has 1 fully saturated rings. The largest absolute Gasteiger partial charge is 0.370 e. The molecule has 0 saturated carbocycles. The summed E-state index contributed by atoms with van der Waals surface area (Å²) in [5.41, 5.74) is 2.08. The first-order chi connectivity index (χ1) is 7.75. The van der Waals surface area contributed by atoms with Crippen molar-refractivity contribution in [3.8, 4) is 0 Å². The second-order valence-electron chi connectivity index (χ2n) is 4.59. The molecule has 16 heavy (non-hydrogen) atoms. The number of aromatic nitrogens is 1. The lowest BCUT2D eigenvalue weighted by Crippen LogP contribution is -2.40. The van der Waals surface area contributed by atoms with Crippen LogP contribution in [0.3, 0.4) is 0 Å². The van der Waals surface area contributed by atoms with Crippen LogP contribution in [-0.2, 0) is 11.3 Å². The quantitative estimate of drug-likeness (QED) is 0.845. The van der Waals surface area contributed by atoms with Gasteiger partial charge in [-0.15, -0.1) is 0 Å². The van der Waals surface area contributed by atoms with E-state index in [4.69, 9.17) is 4.74 Å². The number of hydrogen-bond donors (Lipinski definition) is 1. The van der Waals surface area contributed by atoms with E-state index in [9.17, 15) is 0 Å². The Hall–Kier alpha value is -0.930. The Bertz CT molecular complexity index is 340. The van der Waals surface area contributed by atoms with Crippen LogP contribution < -0.4 is 5.32 Å². The maximum absolute atomic E-state index is 5.91. The molecule has 2 unspecified atom stereocenters. The minimum atomic E-state index is 0.330. The lowest BCUT2D eigenvalue weighted by atomic mass is 9.97. The molecule has 1 aliphatic heterocycles. The molecule has 1 N–H and O–H groups in total. The summed E-state index contributed by atoms with van der Waals surface area (Å²) in [7, 11) is 0. The normalized spacial score (nSPS) is 25.6. The Morgan fingerprint density at radius 1 is 1.50 bits per heavy atom. The van der Waals surface area contributed by atoms with Crippen LogP contribution in [-0.4, -0.2) is 24.2 Å². The first kappa shape index (κ1) is 11.6. The van der Waals surface area contributed by atoms with E-state index in [1.54, 1.807) is 0 Å². The van der Waals surface area contributed by atoms with Crippen molar-refractivity contribution in [2.45, 2.75) is 33.0 Å². The topological polar surface area (TPSA) is 34.1 Å². The first-order valence-corrected chi connectivity index (χ1v) is 6.00. The Morgan fingerprint density at radius 3 is 3.12 bits per heavy atom. The van der Waals surface area contributed by atoms with Crippen LogP contribution in [0.1, 0.15) is 24.7 Å². The van der Waals surface area contributed by atoms with Gasteiger partial charge in [0.15, 0.2) is 0 Å². The second kappa shape index (κ2) is 5.41. The number of pyridine rings is 1. The van der Waals surface area contributed by atoms with Crippen molar-refractivity contribution in [2.24, 2.45) is 5.92 Å². The zero-order valence-electron chi connectivity index (χ0n) is 10.1. The monoisotopic (exact) mass is 220 g/mol. The summed E-state index contributed by atoms with van der Waals surface area (Å²) < 4.78 is 5.91. The highest BCUT2D eigenvalue weighted by molar-refractivity contribution is 5.09. The Morgan fingerprint density at radius 2 is 2.38 bits per heavy atom. The van der Waals surface area contributed by atoms with Crippen LogP contribution >= 0.6 is 0 Å². The van der Waals surface area contributed by atoms with Gasteiger partial charge in [0.25, 0.3) is 0 Å². The number of nitrogens with zero attached hydrogens (tertiary/aromatic N) is 1. The Balaban J connectivity index is 1.86. The van der Waals surface area contributed by atoms with E-state index in [0.717, 1.165) is 24.5 Å². The van der Waals surface area contributed by atoms with Crippen LogP contribution in [0.25, 0.3) is 0 Å². The smallest absolute Gasteiger partial charge is 0.0892 e. The van der Waals surface area contributed by atoms with Gasteiger partial charge in [-0.25, -0.2) is 0 Å². The van der Waals surface area contributed by atoms with E-state index in [0.29, 0.717) is 18.6 Å². The summed E-state index contributed by atoms with van der Waals surface area (Å²) in [4.78, 5) is 4.44. The molecular weight excluding hydrogens is 200 g/mol. The zero-order chi connectivity index (χ0) is 11.4. The first-order valence-electron chi connectivity index (χ1n) is 6.00. The SMILES string of the molecule is Cc1cccc(COC2CNCCC2C)n1. The molecular formula is C13H20N2O. The number of nitrogens with one attached hydrogen (secondary N) is 1. The maximum atomic E-state index is 5.91. The molecule has 2 heterocycles. The van der Waals surface area contributed by atoms with E-state index in [-0.39, 0.29) is 0 Å². The van der Waals surface area contributed by atoms with Gasteiger partial charge in [0.05, 0.1) is 18.4 Å². The number of ether oxygens (including phenoxy) is 1. The van der Waals surface area contributed by atoms with Crippen molar-refractivity contribution in [1.82, 2.24) is 10.3 Å². The minimum absolute atomic E-state index is 0.330. The Labute approximate surface area is 97.2 Å². The van der Waals surface area contributed by atoms with Gasteiger partial charge in [0.2, 0.25) is 0 Å². The molecule has 0 aromatic carbocycles. The van der Waals surface area contributed by atoms with Gasteiger partial charge in [-0.3, -0.25) is 4.98 Å². The number of hydrogen-bond acceptors (Lipinski definition) is 3. The van der Waals surface area contributed by atoms with Gasteiger partial charge in [-0.2, -0.15) is 0 Å². The zero-order valence-corrected chi connectivity index (χ0v) is 10.1. The molecule has 2 atom stereocenters. The predicted molar refractivity (Wildman–Crippen MR) is 64.2 cm³/mol. The molecule has 1 aromatic rings. The van der Waals surface area contributed by atoms with Crippen LogP contribution in [0.15, 0.2) is 18.2 Å². The van der Waals surface area contributed by atoms with Crippen molar-refractivity contribution >= 4 is 0 Å². The Kier molecular flexibility index (Phi) is 3.91. The molecule has 0 spiro atoms. The van der Waals surface area contributed by atoms with Gasteiger partial charge in [-0.05, 0) is 37.9 Å². The van der Waals surface area contributed by atoms with E-state index in [1.165, 1.54) is 6.42 Å². The highest BCUT2D eigenvalue weighted by Gasteiger charge is 2.21. The van der Waals surface area contributed by atoms with Crippen molar-refractivity contribution in [3.05, 3.63) is 29.6 Å². The van der Waals surface area contributed by atoms with Gasteiger partial charge in [-0.1, -0.05) is 13.0 Å². The molecule has 88 valence electrons. The van der Waals surface area contributed by atoms with E-state index >= 15 is 0 Å². The summed E-state index contributed by atoms with van der Waals surface area (Å²) in [6.45, 7) is 6.97. The highest BCUT2D eigenvalue weighted by Crippen LogP contribution is 2.16. The van der Waals surface area contributed by atoms with E-state index < -0.39 is 0 Å². The molecule has 0 radical (unpaired) electrons. The van der Waals surface area contributed by atoms with Gasteiger partial charge in [0.1, 0.15) is 0 Å².